The topological polar surface area (TPSA) is 124 Å². The summed E-state index contributed by atoms with van der Waals surface area (Å²) in [5.41, 5.74) is -1.77. The third kappa shape index (κ3) is 5.41. The zero-order chi connectivity index (χ0) is 27.1. The van der Waals surface area contributed by atoms with Crippen LogP contribution in [-0.4, -0.2) is 51.1 Å². The van der Waals surface area contributed by atoms with Crippen molar-refractivity contribution in [2.24, 2.45) is 0 Å². The van der Waals surface area contributed by atoms with Crippen molar-refractivity contribution in [1.29, 1.82) is 5.26 Å². The summed E-state index contributed by atoms with van der Waals surface area (Å²) in [7, 11) is 0. The van der Waals surface area contributed by atoms with Crippen molar-refractivity contribution in [2.75, 3.05) is 18.4 Å². The predicted molar refractivity (Wildman–Crippen MR) is 129 cm³/mol. The summed E-state index contributed by atoms with van der Waals surface area (Å²) >= 11 is 0. The summed E-state index contributed by atoms with van der Waals surface area (Å²) in [6.07, 6.45) is -5.07. The number of aromatic nitrogens is 3. The van der Waals surface area contributed by atoms with Crippen LogP contribution in [-0.2, 0) is 10.9 Å². The maximum Gasteiger partial charge on any atom is 0.433 e. The number of pyridine rings is 1. The van der Waals surface area contributed by atoms with E-state index in [2.05, 4.69) is 20.3 Å². The number of nitrogens with zero attached hydrogens (tertiary/aromatic N) is 4. The summed E-state index contributed by atoms with van der Waals surface area (Å²) in [4.78, 5) is 37.0. The molecule has 0 spiro atoms. The molecule has 3 heterocycles. The number of carbonyl (C=O) groups is 1. The van der Waals surface area contributed by atoms with Gasteiger partial charge in [-0.05, 0) is 52.0 Å². The monoisotopic (exact) mass is 514 g/mol. The van der Waals surface area contributed by atoms with Crippen molar-refractivity contribution in [3.8, 4) is 6.07 Å². The molecular formula is C25H25F3N6O3. The first-order valence-electron chi connectivity index (χ1n) is 11.6. The average molecular weight is 515 g/mol. The lowest BCUT2D eigenvalue weighted by Gasteiger charge is -2.35. The van der Waals surface area contributed by atoms with E-state index in [0.717, 1.165) is 6.07 Å². The maximum absolute atomic E-state index is 13.9. The molecule has 9 nitrogen and oxygen atoms in total. The number of hydrogen-bond donors (Lipinski definition) is 2. The molecule has 37 heavy (non-hydrogen) atoms. The Hall–Kier alpha value is -3.98. The number of hydrogen-bond acceptors (Lipinski definition) is 7. The Morgan fingerprint density at radius 2 is 1.92 bits per heavy atom. The predicted octanol–water partition coefficient (Wildman–Crippen LogP) is 3.94. The van der Waals surface area contributed by atoms with E-state index in [4.69, 9.17) is 4.74 Å². The number of carbonyl (C=O) groups excluding carboxylic acids is 1. The van der Waals surface area contributed by atoms with E-state index in [1.54, 1.807) is 4.90 Å². The van der Waals surface area contributed by atoms with Gasteiger partial charge in [-0.2, -0.15) is 18.4 Å². The number of H-pyrrole nitrogens is 1. The molecule has 0 bridgehead atoms. The van der Waals surface area contributed by atoms with Gasteiger partial charge < -0.3 is 19.9 Å². The number of aryl methyl sites for hydroxylation is 1. The zero-order valence-corrected chi connectivity index (χ0v) is 20.6. The number of nitriles is 1. The normalized spacial score (nSPS) is 18.9. The fourth-order valence-electron chi connectivity index (χ4n) is 4.48. The van der Waals surface area contributed by atoms with Crippen LogP contribution in [0.15, 0.2) is 29.1 Å². The standard InChI is InChI=1S/C25H25F3N6O3/c1-12-10-34(11-13(2)37-12)24(36)16-5-6-20(17(7-16)9-29)30-14(3)18-8-19-22(31-15(4)32-23(19)35)33-21(18)25(26,27)28/h5-8,12-14,30H,10-11H2,1-4H3,(H,31,32,33,35). The molecule has 1 aromatic carbocycles. The molecular weight excluding hydrogens is 489 g/mol. The lowest BCUT2D eigenvalue weighted by Crippen LogP contribution is -2.48. The van der Waals surface area contributed by atoms with Crippen LogP contribution in [0.1, 0.15) is 59.8 Å². The molecule has 0 aliphatic carbocycles. The third-order valence-corrected chi connectivity index (χ3v) is 6.05. The van der Waals surface area contributed by atoms with Gasteiger partial charge in [-0.25, -0.2) is 9.97 Å². The maximum atomic E-state index is 13.9. The second-order valence-corrected chi connectivity index (χ2v) is 9.15. The van der Waals surface area contributed by atoms with E-state index in [9.17, 15) is 28.0 Å². The molecule has 2 aromatic heterocycles. The highest BCUT2D eigenvalue weighted by atomic mass is 19.4. The molecule has 0 saturated carbocycles. The van der Waals surface area contributed by atoms with Gasteiger partial charge in [0.05, 0.1) is 34.9 Å². The summed E-state index contributed by atoms with van der Waals surface area (Å²) in [6.45, 7) is 7.46. The van der Waals surface area contributed by atoms with Crippen molar-refractivity contribution < 1.29 is 22.7 Å². The van der Waals surface area contributed by atoms with Crippen LogP contribution in [0.5, 0.6) is 0 Å². The Balaban J connectivity index is 1.67. The Bertz CT molecular complexity index is 1450. The van der Waals surface area contributed by atoms with Crippen molar-refractivity contribution >= 4 is 22.6 Å². The Kier molecular flexibility index (Phi) is 6.92. The highest BCUT2D eigenvalue weighted by molar-refractivity contribution is 5.95. The Morgan fingerprint density at radius 3 is 2.54 bits per heavy atom. The van der Waals surface area contributed by atoms with Gasteiger partial charge in [0, 0.05) is 24.2 Å². The number of rotatable bonds is 4. The second-order valence-electron chi connectivity index (χ2n) is 9.15. The molecule has 2 N–H and O–H groups in total. The summed E-state index contributed by atoms with van der Waals surface area (Å²) in [5, 5.41) is 12.5. The smallest absolute Gasteiger partial charge is 0.377 e. The van der Waals surface area contributed by atoms with Crippen molar-refractivity contribution in [1.82, 2.24) is 19.9 Å². The van der Waals surface area contributed by atoms with E-state index in [1.807, 2.05) is 19.9 Å². The zero-order valence-electron chi connectivity index (χ0n) is 20.6. The number of amides is 1. The molecule has 12 heteroatoms. The van der Waals surface area contributed by atoms with Gasteiger partial charge in [0.25, 0.3) is 11.5 Å². The minimum atomic E-state index is -4.81. The first kappa shape index (κ1) is 26.1. The Labute approximate surface area is 210 Å². The molecule has 3 atom stereocenters. The van der Waals surface area contributed by atoms with E-state index in [1.165, 1.54) is 32.0 Å². The van der Waals surface area contributed by atoms with E-state index >= 15 is 0 Å². The largest absolute Gasteiger partial charge is 0.433 e. The van der Waals surface area contributed by atoms with Gasteiger partial charge >= 0.3 is 6.18 Å². The first-order valence-corrected chi connectivity index (χ1v) is 11.6. The lowest BCUT2D eigenvalue weighted by atomic mass is 10.0. The number of alkyl halides is 3. The van der Waals surface area contributed by atoms with Crippen LogP contribution in [0.4, 0.5) is 18.9 Å². The second kappa shape index (κ2) is 9.82. The molecule has 1 aliphatic rings. The quantitative estimate of drug-likeness (QED) is 0.541. The summed E-state index contributed by atoms with van der Waals surface area (Å²) in [6, 6.07) is 6.52. The van der Waals surface area contributed by atoms with Crippen molar-refractivity contribution in [3.05, 3.63) is 62.8 Å². The number of benzene rings is 1. The summed E-state index contributed by atoms with van der Waals surface area (Å²) < 4.78 is 47.3. The van der Waals surface area contributed by atoms with E-state index < -0.39 is 23.5 Å². The van der Waals surface area contributed by atoms with Gasteiger partial charge in [0.2, 0.25) is 0 Å². The van der Waals surface area contributed by atoms with Crippen LogP contribution in [0.2, 0.25) is 0 Å². The van der Waals surface area contributed by atoms with Gasteiger partial charge in [0.15, 0.2) is 11.3 Å². The van der Waals surface area contributed by atoms with Crippen molar-refractivity contribution in [3.63, 3.8) is 0 Å². The van der Waals surface area contributed by atoms with Gasteiger partial charge in [0.1, 0.15) is 11.9 Å². The molecule has 1 amide bonds. The molecule has 194 valence electrons. The molecule has 0 radical (unpaired) electrons. The first-order chi connectivity index (χ1) is 17.4. The lowest BCUT2D eigenvalue weighted by molar-refractivity contribution is -0.141. The van der Waals surface area contributed by atoms with Crippen LogP contribution in [0, 0.1) is 18.3 Å². The number of fused-ring (bicyclic) bond motifs is 1. The average Bonchev–Trinajstić information content (AvgIpc) is 2.81. The number of morpholine rings is 1. The minimum Gasteiger partial charge on any atom is -0.377 e. The van der Waals surface area contributed by atoms with Crippen LogP contribution < -0.4 is 10.9 Å². The minimum absolute atomic E-state index is 0.0855. The number of anilines is 1. The molecule has 4 rings (SSSR count). The van der Waals surface area contributed by atoms with Gasteiger partial charge in [-0.1, -0.05) is 0 Å². The highest BCUT2D eigenvalue weighted by Gasteiger charge is 2.37. The molecule has 1 aliphatic heterocycles. The van der Waals surface area contributed by atoms with Gasteiger partial charge in [-0.15, -0.1) is 0 Å². The molecule has 1 saturated heterocycles. The SMILES string of the molecule is Cc1nc2nc(C(F)(F)F)c(C(C)Nc3ccc(C(=O)N4CC(C)OC(C)C4)cc3C#N)cc2c(=O)[nH]1. The van der Waals surface area contributed by atoms with E-state index in [-0.39, 0.29) is 57.4 Å². The fourth-order valence-corrected chi connectivity index (χ4v) is 4.48. The van der Waals surface area contributed by atoms with Crippen LogP contribution >= 0.6 is 0 Å². The van der Waals surface area contributed by atoms with Gasteiger partial charge in [-0.3, -0.25) is 9.59 Å². The third-order valence-electron chi connectivity index (χ3n) is 6.05. The summed E-state index contributed by atoms with van der Waals surface area (Å²) in [5.74, 6) is -0.121. The highest BCUT2D eigenvalue weighted by Crippen LogP contribution is 2.36. The van der Waals surface area contributed by atoms with Crippen molar-refractivity contribution in [2.45, 2.75) is 52.1 Å². The molecule has 1 fully saturated rings. The number of ether oxygens (including phenoxy) is 1. The van der Waals surface area contributed by atoms with Crippen LogP contribution in [0.3, 0.4) is 0 Å². The Morgan fingerprint density at radius 1 is 1.24 bits per heavy atom. The number of aromatic amines is 1. The van der Waals surface area contributed by atoms with E-state index in [0.29, 0.717) is 13.1 Å². The molecule has 3 aromatic rings. The van der Waals surface area contributed by atoms with Crippen LogP contribution in [0.25, 0.3) is 11.0 Å². The number of halogens is 3. The molecule has 3 unspecified atom stereocenters. The number of nitrogens with one attached hydrogen (secondary N) is 2. The fraction of sp³-hybridized carbons (Fsp3) is 0.400.